The molecule has 1 atom stereocenters. The van der Waals surface area contributed by atoms with E-state index in [1.54, 1.807) is 18.9 Å². The molecule has 10 heteroatoms. The van der Waals surface area contributed by atoms with Crippen molar-refractivity contribution in [2.75, 3.05) is 26.7 Å². The summed E-state index contributed by atoms with van der Waals surface area (Å²) in [6, 6.07) is 3.91. The van der Waals surface area contributed by atoms with Crippen LogP contribution in [0.3, 0.4) is 0 Å². The van der Waals surface area contributed by atoms with Crippen molar-refractivity contribution in [3.05, 3.63) is 33.9 Å². The van der Waals surface area contributed by atoms with Gasteiger partial charge in [0.15, 0.2) is 0 Å². The average molecular weight is 385 g/mol. The van der Waals surface area contributed by atoms with Crippen LogP contribution in [0, 0.1) is 17.0 Å². The van der Waals surface area contributed by atoms with E-state index < -0.39 is 20.9 Å². The van der Waals surface area contributed by atoms with E-state index in [0.29, 0.717) is 31.4 Å². The molecule has 0 aliphatic carbocycles. The zero-order valence-corrected chi connectivity index (χ0v) is 15.6. The van der Waals surface area contributed by atoms with Crippen molar-refractivity contribution in [2.24, 2.45) is 0 Å². The third-order valence-corrected chi connectivity index (χ3v) is 6.57. The summed E-state index contributed by atoms with van der Waals surface area (Å²) >= 11 is 0. The first-order chi connectivity index (χ1) is 12.1. The number of hydrogen-bond donors (Lipinski definition) is 1. The Morgan fingerprint density at radius 3 is 2.69 bits per heavy atom. The number of sulfonamides is 1. The van der Waals surface area contributed by atoms with Crippen LogP contribution < -0.4 is 0 Å². The van der Waals surface area contributed by atoms with E-state index in [1.165, 1.54) is 16.4 Å². The van der Waals surface area contributed by atoms with Gasteiger partial charge in [-0.05, 0) is 39.3 Å². The number of likely N-dealkylation sites (N-methyl/N-ethyl adjacent to an activating group) is 1. The number of hydrogen-bond acceptors (Lipinski definition) is 6. The molecule has 1 unspecified atom stereocenters. The maximum Gasteiger partial charge on any atom is 0.317 e. The number of nitro groups is 1. The molecule has 1 fully saturated rings. The van der Waals surface area contributed by atoms with Crippen LogP contribution >= 0.6 is 0 Å². The highest BCUT2D eigenvalue weighted by molar-refractivity contribution is 7.89. The van der Waals surface area contributed by atoms with Crippen LogP contribution in [0.1, 0.15) is 24.8 Å². The van der Waals surface area contributed by atoms with Crippen LogP contribution in [-0.2, 0) is 14.8 Å². The van der Waals surface area contributed by atoms with E-state index in [9.17, 15) is 23.3 Å². The van der Waals surface area contributed by atoms with Crippen LogP contribution in [0.15, 0.2) is 23.1 Å². The summed E-state index contributed by atoms with van der Waals surface area (Å²) in [5.74, 6) is -0.923. The lowest BCUT2D eigenvalue weighted by Gasteiger charge is -2.25. The van der Waals surface area contributed by atoms with Gasteiger partial charge >= 0.3 is 5.97 Å². The fourth-order valence-corrected chi connectivity index (χ4v) is 4.69. The molecule has 1 aromatic carbocycles. The second kappa shape index (κ2) is 8.11. The van der Waals surface area contributed by atoms with Gasteiger partial charge in [0.25, 0.3) is 5.69 Å². The monoisotopic (exact) mass is 385 g/mol. The van der Waals surface area contributed by atoms with Crippen LogP contribution in [0.25, 0.3) is 0 Å². The Bertz CT molecular complexity index is 795. The molecule has 0 aromatic heterocycles. The van der Waals surface area contributed by atoms with Crippen LogP contribution in [-0.4, -0.2) is 66.3 Å². The van der Waals surface area contributed by atoms with E-state index in [1.807, 2.05) is 0 Å². The van der Waals surface area contributed by atoms with Gasteiger partial charge in [-0.15, -0.1) is 0 Å². The number of nitro benzene ring substituents is 1. The van der Waals surface area contributed by atoms with Crippen molar-refractivity contribution in [1.82, 2.24) is 9.21 Å². The highest BCUT2D eigenvalue weighted by Gasteiger charge is 2.30. The summed E-state index contributed by atoms with van der Waals surface area (Å²) in [5.41, 5.74) is 0.181. The van der Waals surface area contributed by atoms with Gasteiger partial charge in [-0.3, -0.25) is 19.8 Å². The van der Waals surface area contributed by atoms with Crippen LogP contribution in [0.2, 0.25) is 0 Å². The molecule has 1 aliphatic heterocycles. The van der Waals surface area contributed by atoms with E-state index >= 15 is 0 Å². The molecule has 1 heterocycles. The molecule has 0 amide bonds. The molecule has 144 valence electrons. The third-order valence-electron chi connectivity index (χ3n) is 4.68. The minimum atomic E-state index is -3.84. The standard InChI is InChI=1S/C16H23N3O6S/c1-12-5-6-14(10-15(12)19(22)23)26(24,25)18-8-3-4-13(7-9-18)17(2)11-16(20)21/h5-6,10,13H,3-4,7-9,11H2,1-2H3,(H,20,21). The zero-order valence-electron chi connectivity index (χ0n) is 14.8. The van der Waals surface area contributed by atoms with Crippen molar-refractivity contribution in [3.8, 4) is 0 Å². The van der Waals surface area contributed by atoms with Crippen molar-refractivity contribution in [1.29, 1.82) is 0 Å². The number of carboxylic acid groups (broad SMARTS) is 1. The Morgan fingerprint density at radius 1 is 1.38 bits per heavy atom. The molecule has 0 bridgehead atoms. The summed E-state index contributed by atoms with van der Waals surface area (Å²) in [5, 5.41) is 20.0. The van der Waals surface area contributed by atoms with E-state index in [-0.39, 0.29) is 29.7 Å². The molecule has 1 saturated heterocycles. The largest absolute Gasteiger partial charge is 0.480 e. The minimum Gasteiger partial charge on any atom is -0.480 e. The molecular weight excluding hydrogens is 362 g/mol. The maximum atomic E-state index is 12.9. The Kier molecular flexibility index (Phi) is 6.32. The number of carbonyl (C=O) groups is 1. The maximum absolute atomic E-state index is 12.9. The summed E-state index contributed by atoms with van der Waals surface area (Å²) in [6.45, 7) is 2.02. The third kappa shape index (κ3) is 4.57. The first-order valence-corrected chi connectivity index (χ1v) is 9.74. The molecule has 1 N–H and O–H groups in total. The molecule has 2 rings (SSSR count). The lowest BCUT2D eigenvalue weighted by molar-refractivity contribution is -0.385. The molecular formula is C16H23N3O6S. The predicted octanol–water partition coefficient (Wildman–Crippen LogP) is 1.46. The summed E-state index contributed by atoms with van der Waals surface area (Å²) in [7, 11) is -2.12. The van der Waals surface area contributed by atoms with Gasteiger partial charge < -0.3 is 5.11 Å². The molecule has 1 aromatic rings. The molecule has 0 spiro atoms. The number of carboxylic acids is 1. The Morgan fingerprint density at radius 2 is 2.08 bits per heavy atom. The summed E-state index contributed by atoms with van der Waals surface area (Å²) in [4.78, 5) is 23.0. The smallest absolute Gasteiger partial charge is 0.317 e. The van der Waals surface area contributed by atoms with E-state index in [4.69, 9.17) is 5.11 Å². The summed E-state index contributed by atoms with van der Waals surface area (Å²) < 4.78 is 27.1. The van der Waals surface area contributed by atoms with Crippen LogP contribution in [0.5, 0.6) is 0 Å². The predicted molar refractivity (Wildman–Crippen MR) is 94.5 cm³/mol. The number of benzene rings is 1. The average Bonchev–Trinajstić information content (AvgIpc) is 2.80. The van der Waals surface area contributed by atoms with E-state index in [0.717, 1.165) is 6.07 Å². The SMILES string of the molecule is Cc1ccc(S(=O)(=O)N2CCCC(N(C)CC(=O)O)CC2)cc1[N+](=O)[O-]. The lowest BCUT2D eigenvalue weighted by Crippen LogP contribution is -2.37. The lowest BCUT2D eigenvalue weighted by atomic mass is 10.1. The molecule has 26 heavy (non-hydrogen) atoms. The quantitative estimate of drug-likeness (QED) is 0.581. The van der Waals surface area contributed by atoms with Gasteiger partial charge in [-0.2, -0.15) is 4.31 Å². The van der Waals surface area contributed by atoms with Crippen LogP contribution in [0.4, 0.5) is 5.69 Å². The molecule has 0 radical (unpaired) electrons. The zero-order chi connectivity index (χ0) is 19.5. The highest BCUT2D eigenvalue weighted by Crippen LogP contribution is 2.26. The molecule has 9 nitrogen and oxygen atoms in total. The van der Waals surface area contributed by atoms with Gasteiger partial charge in [0, 0.05) is 30.8 Å². The second-order valence-corrected chi connectivity index (χ2v) is 8.44. The topological polar surface area (TPSA) is 121 Å². The van der Waals surface area contributed by atoms with Gasteiger partial charge in [0.1, 0.15) is 0 Å². The van der Waals surface area contributed by atoms with Crippen molar-refractivity contribution < 1.29 is 23.2 Å². The van der Waals surface area contributed by atoms with Gasteiger partial charge in [0.05, 0.1) is 16.4 Å². The van der Waals surface area contributed by atoms with Gasteiger partial charge in [-0.25, -0.2) is 8.42 Å². The Labute approximate surface area is 152 Å². The van der Waals surface area contributed by atoms with Gasteiger partial charge in [0.2, 0.25) is 10.0 Å². The summed E-state index contributed by atoms with van der Waals surface area (Å²) in [6.07, 6.45) is 1.81. The van der Waals surface area contributed by atoms with E-state index in [2.05, 4.69) is 0 Å². The highest BCUT2D eigenvalue weighted by atomic mass is 32.2. The molecule has 0 saturated carbocycles. The number of aryl methyl sites for hydroxylation is 1. The van der Waals surface area contributed by atoms with Gasteiger partial charge in [-0.1, -0.05) is 6.07 Å². The number of nitrogens with zero attached hydrogens (tertiary/aromatic N) is 3. The minimum absolute atomic E-state index is 0.0151. The van der Waals surface area contributed by atoms with Crippen molar-refractivity contribution in [2.45, 2.75) is 37.1 Å². The fraction of sp³-hybridized carbons (Fsp3) is 0.562. The fourth-order valence-electron chi connectivity index (χ4n) is 3.17. The molecule has 1 aliphatic rings. The first kappa shape index (κ1) is 20.3. The van der Waals surface area contributed by atoms with Crippen molar-refractivity contribution in [3.63, 3.8) is 0 Å². The Hall–Kier alpha value is -2.04. The number of aliphatic carboxylic acids is 1. The van der Waals surface area contributed by atoms with Crippen molar-refractivity contribution >= 4 is 21.7 Å². The number of rotatable bonds is 6. The Balaban J connectivity index is 2.19. The normalized spacial score (nSPS) is 19.3. The first-order valence-electron chi connectivity index (χ1n) is 8.30. The second-order valence-electron chi connectivity index (χ2n) is 6.50.